The fraction of sp³-hybridized carbons (Fsp3) is 0.333. The van der Waals surface area contributed by atoms with Gasteiger partial charge in [-0.1, -0.05) is 24.3 Å². The predicted octanol–water partition coefficient (Wildman–Crippen LogP) is 0.976. The van der Waals surface area contributed by atoms with Crippen LogP contribution in [0.1, 0.15) is 15.9 Å². The highest BCUT2D eigenvalue weighted by Crippen LogP contribution is 2.01. The smallest absolute Gasteiger partial charge is 0.150 e. The first-order chi connectivity index (χ1) is 7.63. The monoisotopic (exact) mass is 219 g/mol. The van der Waals surface area contributed by atoms with Crippen molar-refractivity contribution in [2.45, 2.75) is 0 Å². The van der Waals surface area contributed by atoms with E-state index in [0.29, 0.717) is 11.4 Å². The molecule has 0 heterocycles. The van der Waals surface area contributed by atoms with Crippen LogP contribution in [-0.2, 0) is 0 Å². The van der Waals surface area contributed by atoms with E-state index in [1.54, 1.807) is 24.3 Å². The molecule has 0 unspecified atom stereocenters. The average molecular weight is 219 g/mol. The molecular weight excluding hydrogens is 202 g/mol. The Morgan fingerprint density at radius 2 is 2.00 bits per heavy atom. The molecule has 0 saturated carbocycles. The number of amidine groups is 1. The van der Waals surface area contributed by atoms with Crippen LogP contribution >= 0.6 is 0 Å². The van der Waals surface area contributed by atoms with Crippen molar-refractivity contribution in [3.63, 3.8) is 0 Å². The van der Waals surface area contributed by atoms with E-state index in [0.717, 1.165) is 24.9 Å². The zero-order chi connectivity index (χ0) is 12.0. The van der Waals surface area contributed by atoms with E-state index in [1.807, 2.05) is 14.1 Å². The van der Waals surface area contributed by atoms with E-state index < -0.39 is 0 Å². The zero-order valence-electron chi connectivity index (χ0n) is 9.66. The first-order valence-corrected chi connectivity index (χ1v) is 5.16. The summed E-state index contributed by atoms with van der Waals surface area (Å²) in [5.41, 5.74) is 1.43. The third-order valence-corrected chi connectivity index (χ3v) is 2.20. The van der Waals surface area contributed by atoms with Gasteiger partial charge < -0.3 is 10.2 Å². The van der Waals surface area contributed by atoms with Gasteiger partial charge in [0.25, 0.3) is 0 Å². The second kappa shape index (κ2) is 6.02. The van der Waals surface area contributed by atoms with E-state index in [4.69, 9.17) is 5.41 Å². The number of likely N-dealkylation sites (N-methyl/N-ethyl adjacent to an activating group) is 1. The second-order valence-corrected chi connectivity index (χ2v) is 3.84. The predicted molar refractivity (Wildman–Crippen MR) is 65.2 cm³/mol. The lowest BCUT2D eigenvalue weighted by molar-refractivity contribution is 0.112. The maximum absolute atomic E-state index is 10.5. The van der Waals surface area contributed by atoms with Crippen LogP contribution in [-0.4, -0.2) is 44.2 Å². The van der Waals surface area contributed by atoms with Crippen molar-refractivity contribution < 1.29 is 4.79 Å². The van der Waals surface area contributed by atoms with Gasteiger partial charge in [0, 0.05) is 24.2 Å². The molecule has 1 rings (SSSR count). The Hall–Kier alpha value is -1.68. The normalized spacial score (nSPS) is 10.2. The molecule has 0 atom stereocenters. The third-order valence-electron chi connectivity index (χ3n) is 2.20. The first kappa shape index (κ1) is 12.4. The number of benzene rings is 1. The lowest BCUT2D eigenvalue weighted by atomic mass is 10.1. The molecule has 0 aliphatic rings. The van der Waals surface area contributed by atoms with Gasteiger partial charge in [-0.3, -0.25) is 10.2 Å². The van der Waals surface area contributed by atoms with E-state index in [2.05, 4.69) is 10.2 Å². The molecule has 0 aliphatic carbocycles. The molecule has 4 heteroatoms. The van der Waals surface area contributed by atoms with Crippen LogP contribution in [0.3, 0.4) is 0 Å². The molecule has 1 aromatic carbocycles. The van der Waals surface area contributed by atoms with Gasteiger partial charge in [-0.15, -0.1) is 0 Å². The molecule has 0 radical (unpaired) electrons. The second-order valence-electron chi connectivity index (χ2n) is 3.84. The molecule has 0 spiro atoms. The molecule has 0 aromatic heterocycles. The van der Waals surface area contributed by atoms with Crippen LogP contribution in [0, 0.1) is 5.41 Å². The highest BCUT2D eigenvalue weighted by Gasteiger charge is 2.00. The number of hydrogen-bond donors (Lipinski definition) is 2. The largest absolute Gasteiger partial charge is 0.369 e. The molecule has 0 fully saturated rings. The third kappa shape index (κ3) is 3.82. The summed E-state index contributed by atoms with van der Waals surface area (Å²) in [6, 6.07) is 6.97. The number of nitrogens with zero attached hydrogens (tertiary/aromatic N) is 1. The summed E-state index contributed by atoms with van der Waals surface area (Å²) >= 11 is 0. The van der Waals surface area contributed by atoms with Crippen LogP contribution in [0.25, 0.3) is 0 Å². The Labute approximate surface area is 95.8 Å². The van der Waals surface area contributed by atoms with Gasteiger partial charge in [-0.25, -0.2) is 0 Å². The Morgan fingerprint density at radius 1 is 1.38 bits per heavy atom. The summed E-state index contributed by atoms with van der Waals surface area (Å²) < 4.78 is 0. The number of carbonyl (C=O) groups is 1. The minimum absolute atomic E-state index is 0.388. The fourth-order valence-electron chi connectivity index (χ4n) is 1.23. The van der Waals surface area contributed by atoms with Crippen LogP contribution in [0.15, 0.2) is 24.3 Å². The van der Waals surface area contributed by atoms with Crippen LogP contribution < -0.4 is 5.32 Å². The number of nitrogens with one attached hydrogen (secondary N) is 2. The van der Waals surface area contributed by atoms with Crippen LogP contribution in [0.4, 0.5) is 0 Å². The van der Waals surface area contributed by atoms with Crippen molar-refractivity contribution in [1.82, 2.24) is 10.2 Å². The topological polar surface area (TPSA) is 56.2 Å². The van der Waals surface area contributed by atoms with E-state index in [-0.39, 0.29) is 0 Å². The number of aldehydes is 1. The number of carbonyl (C=O) groups excluding carboxylic acids is 1. The Morgan fingerprint density at radius 3 is 2.50 bits per heavy atom. The Bertz CT molecular complexity index is 357. The molecular formula is C12H17N3O. The summed E-state index contributed by atoms with van der Waals surface area (Å²) in [5.74, 6) is 0.388. The highest BCUT2D eigenvalue weighted by molar-refractivity contribution is 5.96. The van der Waals surface area contributed by atoms with Crippen molar-refractivity contribution in [2.75, 3.05) is 27.2 Å². The van der Waals surface area contributed by atoms with Crippen LogP contribution in [0.5, 0.6) is 0 Å². The Balaban J connectivity index is 2.49. The minimum atomic E-state index is 0.388. The van der Waals surface area contributed by atoms with Crippen molar-refractivity contribution in [2.24, 2.45) is 0 Å². The van der Waals surface area contributed by atoms with Gasteiger partial charge in [0.15, 0.2) is 0 Å². The fourth-order valence-corrected chi connectivity index (χ4v) is 1.23. The summed E-state index contributed by atoms with van der Waals surface area (Å²) in [6.07, 6.45) is 0.798. The van der Waals surface area contributed by atoms with Crippen molar-refractivity contribution in [1.29, 1.82) is 5.41 Å². The molecule has 4 nitrogen and oxygen atoms in total. The molecule has 1 aromatic rings. The minimum Gasteiger partial charge on any atom is -0.369 e. The van der Waals surface area contributed by atoms with Gasteiger partial charge in [-0.2, -0.15) is 0 Å². The molecule has 0 aliphatic heterocycles. The summed E-state index contributed by atoms with van der Waals surface area (Å²) in [6.45, 7) is 1.62. The lowest BCUT2D eigenvalue weighted by Crippen LogP contribution is -2.31. The van der Waals surface area contributed by atoms with Crippen molar-refractivity contribution in [3.05, 3.63) is 35.4 Å². The van der Waals surface area contributed by atoms with Gasteiger partial charge in [0.1, 0.15) is 12.1 Å². The van der Waals surface area contributed by atoms with E-state index >= 15 is 0 Å². The standard InChI is InChI=1S/C12H17N3O/c1-15(2)8-7-14-12(13)11-5-3-10(9-16)4-6-11/h3-6,9H,7-8H2,1-2H3,(H2,13,14). The number of hydrogen-bond acceptors (Lipinski definition) is 3. The Kier molecular flexibility index (Phi) is 4.66. The quantitative estimate of drug-likeness (QED) is 0.441. The maximum atomic E-state index is 10.5. The van der Waals surface area contributed by atoms with Crippen molar-refractivity contribution >= 4 is 12.1 Å². The first-order valence-electron chi connectivity index (χ1n) is 5.16. The number of rotatable bonds is 5. The van der Waals surface area contributed by atoms with E-state index in [1.165, 1.54) is 0 Å². The van der Waals surface area contributed by atoms with Gasteiger partial charge >= 0.3 is 0 Å². The van der Waals surface area contributed by atoms with E-state index in [9.17, 15) is 4.79 Å². The SMILES string of the molecule is CN(C)CCNC(=N)c1ccc(C=O)cc1. The molecule has 86 valence electrons. The highest BCUT2D eigenvalue weighted by atomic mass is 16.1. The summed E-state index contributed by atoms with van der Waals surface area (Å²) in [5, 5.41) is 10.8. The van der Waals surface area contributed by atoms with Gasteiger partial charge in [0.05, 0.1) is 0 Å². The average Bonchev–Trinajstić information content (AvgIpc) is 2.28. The summed E-state index contributed by atoms with van der Waals surface area (Å²) in [7, 11) is 3.98. The molecule has 2 N–H and O–H groups in total. The van der Waals surface area contributed by atoms with Gasteiger partial charge in [0.2, 0.25) is 0 Å². The molecule has 0 saturated heterocycles. The summed E-state index contributed by atoms with van der Waals surface area (Å²) in [4.78, 5) is 12.5. The molecule has 16 heavy (non-hydrogen) atoms. The molecule has 0 bridgehead atoms. The van der Waals surface area contributed by atoms with Crippen LogP contribution in [0.2, 0.25) is 0 Å². The molecule has 0 amide bonds. The zero-order valence-corrected chi connectivity index (χ0v) is 9.66. The van der Waals surface area contributed by atoms with Crippen molar-refractivity contribution in [3.8, 4) is 0 Å². The van der Waals surface area contributed by atoms with Gasteiger partial charge in [-0.05, 0) is 14.1 Å². The maximum Gasteiger partial charge on any atom is 0.150 e. The lowest BCUT2D eigenvalue weighted by Gasteiger charge is -2.12.